The van der Waals surface area contributed by atoms with Crippen molar-refractivity contribution >= 4 is 39.9 Å². The van der Waals surface area contributed by atoms with Gasteiger partial charge in [0.2, 0.25) is 0 Å². The van der Waals surface area contributed by atoms with Gasteiger partial charge in [0, 0.05) is 61.4 Å². The first-order valence-corrected chi connectivity index (χ1v) is 24.5. The van der Waals surface area contributed by atoms with Crippen molar-refractivity contribution in [2.24, 2.45) is 0 Å². The summed E-state index contributed by atoms with van der Waals surface area (Å²) in [6.07, 6.45) is 1.92. The summed E-state index contributed by atoms with van der Waals surface area (Å²) >= 11 is 0. The third kappa shape index (κ3) is 8.87. The van der Waals surface area contributed by atoms with Gasteiger partial charge in [-0.2, -0.15) is 12.1 Å². The number of pyridine rings is 1. The van der Waals surface area contributed by atoms with E-state index in [4.69, 9.17) is 9.72 Å². The summed E-state index contributed by atoms with van der Waals surface area (Å²) in [6, 6.07) is 57.6. The van der Waals surface area contributed by atoms with Crippen molar-refractivity contribution in [2.45, 2.75) is 106 Å². The van der Waals surface area contributed by atoms with Gasteiger partial charge in [0.15, 0.2) is 0 Å². The van der Waals surface area contributed by atoms with Gasteiger partial charge in [-0.1, -0.05) is 147 Å². The summed E-state index contributed by atoms with van der Waals surface area (Å²) in [7, 11) is 0. The SMILES string of the molecule is Cc1cc(C(C)(C)C)cc(C)c1-c1cc(C(C)C)c(N2[CH-]N(c3[c-]c(Oc4[c-]c5c(cc4)-c4ccccc4-c4ccccc4N5c4cc(C(C)(C)C)ccn4)ccc3)c3ccccc32)c(C(C)C)c1.[Pt]. The number of ether oxygens (including phenoxy) is 1. The molecule has 3 heterocycles. The maximum atomic E-state index is 6.81. The van der Waals surface area contributed by atoms with Crippen molar-refractivity contribution in [2.75, 3.05) is 14.7 Å². The average Bonchev–Trinajstić information content (AvgIpc) is 3.65. The zero-order chi connectivity index (χ0) is 48.5. The van der Waals surface area contributed by atoms with E-state index in [-0.39, 0.29) is 43.7 Å². The molecule has 2 aliphatic heterocycles. The number of nitrogens with zero attached hydrogens (tertiary/aromatic N) is 4. The molecule has 1 aromatic heterocycles. The Labute approximate surface area is 431 Å². The minimum atomic E-state index is -0.0650. The van der Waals surface area contributed by atoms with Crippen LogP contribution in [0.5, 0.6) is 11.5 Å². The van der Waals surface area contributed by atoms with Crippen LogP contribution in [-0.2, 0) is 31.9 Å². The Kier molecular flexibility index (Phi) is 13.0. The number of anilines is 7. The molecule has 0 aliphatic carbocycles. The molecular weight excluding hydrogens is 1040 g/mol. The summed E-state index contributed by atoms with van der Waals surface area (Å²) in [5.41, 5.74) is 21.2. The van der Waals surface area contributed by atoms with Gasteiger partial charge in [-0.3, -0.25) is 0 Å². The molecule has 10 rings (SSSR count). The maximum absolute atomic E-state index is 6.81. The van der Waals surface area contributed by atoms with Crippen LogP contribution >= 0.6 is 0 Å². The molecule has 0 bridgehead atoms. The number of hydrogen-bond donors (Lipinski definition) is 0. The van der Waals surface area contributed by atoms with Gasteiger partial charge in [0.1, 0.15) is 5.82 Å². The van der Waals surface area contributed by atoms with Crippen molar-refractivity contribution in [3.63, 3.8) is 0 Å². The van der Waals surface area contributed by atoms with Crippen LogP contribution in [0.15, 0.2) is 146 Å². The first-order valence-electron chi connectivity index (χ1n) is 24.5. The van der Waals surface area contributed by atoms with Crippen molar-refractivity contribution in [1.29, 1.82) is 0 Å². The predicted octanol–water partition coefficient (Wildman–Crippen LogP) is 18.1. The molecule has 0 atom stereocenters. The summed E-state index contributed by atoms with van der Waals surface area (Å²) in [6.45, 7) is 29.7. The molecule has 0 N–H and O–H groups in total. The maximum Gasteiger partial charge on any atom is 0.135 e. The van der Waals surface area contributed by atoms with E-state index in [0.29, 0.717) is 11.5 Å². The smallest absolute Gasteiger partial charge is 0.135 e. The van der Waals surface area contributed by atoms with Gasteiger partial charge < -0.3 is 19.4 Å². The Morgan fingerprint density at radius 2 is 1.10 bits per heavy atom. The predicted molar refractivity (Wildman–Crippen MR) is 289 cm³/mol. The first kappa shape index (κ1) is 48.6. The molecule has 0 radical (unpaired) electrons. The normalized spacial score (nSPS) is 13.1. The average molecular weight is 1100 g/mol. The molecule has 0 unspecified atom stereocenters. The van der Waals surface area contributed by atoms with Crippen LogP contribution in [0.4, 0.5) is 39.9 Å². The third-order valence-electron chi connectivity index (χ3n) is 13.8. The zero-order valence-electron chi connectivity index (χ0n) is 42.6. The van der Waals surface area contributed by atoms with E-state index in [0.717, 1.165) is 56.5 Å². The third-order valence-corrected chi connectivity index (χ3v) is 13.8. The Bertz CT molecular complexity index is 3210. The van der Waals surface area contributed by atoms with E-state index in [1.807, 2.05) is 24.4 Å². The Balaban J connectivity index is 0.00000608. The van der Waals surface area contributed by atoms with Crippen LogP contribution in [-0.4, -0.2) is 4.98 Å². The molecule has 0 fully saturated rings. The minimum Gasteiger partial charge on any atom is -0.509 e. The Hall–Kier alpha value is -6.42. The van der Waals surface area contributed by atoms with E-state index in [1.54, 1.807) is 0 Å². The summed E-state index contributed by atoms with van der Waals surface area (Å²) in [4.78, 5) is 11.9. The molecule has 358 valence electrons. The molecule has 6 heteroatoms. The number of hydrogen-bond acceptors (Lipinski definition) is 5. The largest absolute Gasteiger partial charge is 0.509 e. The van der Waals surface area contributed by atoms with Gasteiger partial charge >= 0.3 is 0 Å². The van der Waals surface area contributed by atoms with E-state index in [1.165, 1.54) is 50.2 Å². The number of para-hydroxylation sites is 3. The van der Waals surface area contributed by atoms with E-state index in [2.05, 4.69) is 238 Å². The van der Waals surface area contributed by atoms with Crippen molar-refractivity contribution in [3.8, 4) is 44.9 Å². The van der Waals surface area contributed by atoms with E-state index >= 15 is 0 Å². The van der Waals surface area contributed by atoms with Gasteiger partial charge in [0.05, 0.1) is 5.69 Å². The minimum absolute atomic E-state index is 0. The van der Waals surface area contributed by atoms with Crippen LogP contribution in [0.25, 0.3) is 33.4 Å². The molecule has 7 aromatic carbocycles. The number of benzene rings is 7. The molecule has 0 saturated carbocycles. The monoisotopic (exact) mass is 1100 g/mol. The van der Waals surface area contributed by atoms with Crippen molar-refractivity contribution in [3.05, 3.63) is 198 Å². The summed E-state index contributed by atoms with van der Waals surface area (Å²) in [5.74, 6) is 2.57. The molecular formula is C64H63N4OPt-3. The summed E-state index contributed by atoms with van der Waals surface area (Å²) < 4.78 is 6.81. The Morgan fingerprint density at radius 3 is 1.71 bits per heavy atom. The first-order chi connectivity index (χ1) is 33.0. The fourth-order valence-electron chi connectivity index (χ4n) is 10.2. The molecule has 0 saturated heterocycles. The van der Waals surface area contributed by atoms with Crippen LogP contribution in [0, 0.1) is 32.6 Å². The van der Waals surface area contributed by atoms with Crippen LogP contribution in [0.2, 0.25) is 0 Å². The molecule has 5 nitrogen and oxygen atoms in total. The summed E-state index contributed by atoms with van der Waals surface area (Å²) in [5, 5.41) is 0. The van der Waals surface area contributed by atoms with Gasteiger partial charge in [-0.15, -0.1) is 48.3 Å². The fraction of sp³-hybridized carbons (Fsp3) is 0.250. The molecule has 0 spiro atoms. The number of rotatable bonds is 8. The number of aryl methyl sites for hydroxylation is 2. The van der Waals surface area contributed by atoms with Crippen molar-refractivity contribution < 1.29 is 25.8 Å². The number of aromatic nitrogens is 1. The van der Waals surface area contributed by atoms with E-state index < -0.39 is 0 Å². The van der Waals surface area contributed by atoms with Gasteiger partial charge in [-0.25, -0.2) is 4.98 Å². The second-order valence-corrected chi connectivity index (χ2v) is 21.5. The molecule has 2 aliphatic rings. The topological polar surface area (TPSA) is 31.8 Å². The zero-order valence-corrected chi connectivity index (χ0v) is 44.9. The van der Waals surface area contributed by atoms with E-state index in [9.17, 15) is 0 Å². The molecule has 70 heavy (non-hydrogen) atoms. The molecule has 0 amide bonds. The van der Waals surface area contributed by atoms with Crippen LogP contribution < -0.4 is 19.4 Å². The number of fused-ring (bicyclic) bond motifs is 6. The Morgan fingerprint density at radius 1 is 0.543 bits per heavy atom. The molecule has 8 aromatic rings. The standard InChI is InChI=1S/C64H63N4O.Pt/c1-40(2)54-34-44(61-42(5)32-46(33-43(61)6)64(10,11)12)35-55(41(3)4)62(54)67-39-66(57-26-17-18-27-58(57)67)47-20-19-21-48(37-47)69-49-28-29-53-51-23-14-13-22-50(51)52-24-15-16-25-56(52)68(59(53)38-49)60-36-45(30-31-65-60)63(7,8)9;/h13-36,39-41H,1-12H3;/q-3;. The van der Waals surface area contributed by atoms with Gasteiger partial charge in [-0.05, 0) is 129 Å². The second-order valence-electron chi connectivity index (χ2n) is 21.5. The van der Waals surface area contributed by atoms with Gasteiger partial charge in [0.25, 0.3) is 0 Å². The quantitative estimate of drug-likeness (QED) is 0.142. The second kappa shape index (κ2) is 18.7. The van der Waals surface area contributed by atoms with Crippen LogP contribution in [0.3, 0.4) is 0 Å². The fourth-order valence-corrected chi connectivity index (χ4v) is 10.2. The van der Waals surface area contributed by atoms with Crippen LogP contribution in [0.1, 0.15) is 114 Å². The van der Waals surface area contributed by atoms with Crippen molar-refractivity contribution in [1.82, 2.24) is 4.98 Å².